The summed E-state index contributed by atoms with van der Waals surface area (Å²) in [4.78, 5) is 23.3. The second-order valence-electron chi connectivity index (χ2n) is 6.50. The Morgan fingerprint density at radius 1 is 1.18 bits per heavy atom. The Hall–Kier alpha value is -3.35. The van der Waals surface area contributed by atoms with Crippen molar-refractivity contribution >= 4 is 23.6 Å². The number of hydrogen-bond donors (Lipinski definition) is 2. The molecule has 2 aromatic carbocycles. The van der Waals surface area contributed by atoms with Crippen molar-refractivity contribution in [2.45, 2.75) is 13.8 Å². The molecule has 0 aliphatic carbocycles. The number of anilines is 1. The topological polar surface area (TPSA) is 90.6 Å². The minimum Gasteiger partial charge on any atom is -0.493 e. The highest BCUT2D eigenvalue weighted by atomic mass is 19.1. The van der Waals surface area contributed by atoms with Crippen LogP contribution in [0.15, 0.2) is 42.5 Å². The van der Waals surface area contributed by atoms with Gasteiger partial charge in [-0.3, -0.25) is 9.59 Å². The van der Waals surface area contributed by atoms with Gasteiger partial charge in [0, 0.05) is 11.8 Å². The Bertz CT molecular complexity index is 894. The fourth-order valence-corrected chi connectivity index (χ4v) is 2.31. The first-order valence-corrected chi connectivity index (χ1v) is 8.69. The van der Waals surface area contributed by atoms with Crippen molar-refractivity contribution in [1.29, 1.82) is 0 Å². The van der Waals surface area contributed by atoms with Gasteiger partial charge in [0.2, 0.25) is 5.91 Å². The lowest BCUT2D eigenvalue weighted by atomic mass is 10.1. The maximum absolute atomic E-state index is 13.5. The van der Waals surface area contributed by atoms with Gasteiger partial charge in [-0.25, -0.2) is 4.39 Å². The zero-order chi connectivity index (χ0) is 20.7. The Morgan fingerprint density at radius 2 is 1.93 bits per heavy atom. The van der Waals surface area contributed by atoms with Crippen LogP contribution in [0.5, 0.6) is 11.5 Å². The summed E-state index contributed by atoms with van der Waals surface area (Å²) in [6, 6.07) is 8.93. The highest BCUT2D eigenvalue weighted by Gasteiger charge is 2.10. The van der Waals surface area contributed by atoms with Gasteiger partial charge in [-0.05, 0) is 47.9 Å². The quantitative estimate of drug-likeness (QED) is 0.678. The number of nitrogens with one attached hydrogen (secondary N) is 1. The summed E-state index contributed by atoms with van der Waals surface area (Å²) in [6.45, 7) is 4.67. The molecule has 2 aromatic rings. The van der Waals surface area contributed by atoms with Crippen molar-refractivity contribution in [2.75, 3.05) is 19.0 Å². The summed E-state index contributed by atoms with van der Waals surface area (Å²) in [5, 5.41) is 2.55. The molecule has 0 radical (unpaired) electrons. The van der Waals surface area contributed by atoms with Crippen molar-refractivity contribution in [3.05, 3.63) is 59.4 Å². The SMILES string of the molecule is COc1cc(/C=C/C(=O)Nc2ccc(F)c(C(N)=O)c2)ccc1OCC(C)C. The molecule has 0 fully saturated rings. The smallest absolute Gasteiger partial charge is 0.251 e. The van der Waals surface area contributed by atoms with Crippen LogP contribution in [0.4, 0.5) is 10.1 Å². The van der Waals surface area contributed by atoms with Gasteiger partial charge in [0.15, 0.2) is 11.5 Å². The molecule has 0 aromatic heterocycles. The van der Waals surface area contributed by atoms with Crippen LogP contribution < -0.4 is 20.5 Å². The van der Waals surface area contributed by atoms with E-state index in [1.165, 1.54) is 18.2 Å². The van der Waals surface area contributed by atoms with Crippen molar-refractivity contribution in [3.8, 4) is 11.5 Å². The summed E-state index contributed by atoms with van der Waals surface area (Å²) in [5.74, 6) is -0.518. The molecule has 6 nitrogen and oxygen atoms in total. The first-order chi connectivity index (χ1) is 13.3. The Kier molecular flexibility index (Phi) is 7.14. The standard InChI is InChI=1S/C21H23FN2O4/c1-13(2)12-28-18-8-4-14(10-19(18)27-3)5-9-20(25)24-15-6-7-17(22)16(11-15)21(23)26/h4-11,13H,12H2,1-3H3,(H2,23,26)(H,24,25)/b9-5+. The number of amides is 2. The molecular weight excluding hydrogens is 363 g/mol. The number of carbonyl (C=O) groups excluding carboxylic acids is 2. The Morgan fingerprint density at radius 3 is 2.57 bits per heavy atom. The average molecular weight is 386 g/mol. The van der Waals surface area contributed by atoms with Crippen molar-refractivity contribution < 1.29 is 23.5 Å². The molecule has 0 unspecified atom stereocenters. The molecule has 2 rings (SSSR count). The fraction of sp³-hybridized carbons (Fsp3) is 0.238. The number of ether oxygens (including phenoxy) is 2. The monoisotopic (exact) mass is 386 g/mol. The summed E-state index contributed by atoms with van der Waals surface area (Å²) in [6.07, 6.45) is 2.92. The van der Waals surface area contributed by atoms with Gasteiger partial charge in [-0.1, -0.05) is 19.9 Å². The van der Waals surface area contributed by atoms with E-state index < -0.39 is 17.6 Å². The van der Waals surface area contributed by atoms with Gasteiger partial charge in [0.1, 0.15) is 5.82 Å². The molecule has 28 heavy (non-hydrogen) atoms. The van der Waals surface area contributed by atoms with Crippen LogP contribution >= 0.6 is 0 Å². The fourth-order valence-electron chi connectivity index (χ4n) is 2.31. The van der Waals surface area contributed by atoms with E-state index >= 15 is 0 Å². The lowest BCUT2D eigenvalue weighted by Gasteiger charge is -2.12. The number of rotatable bonds is 8. The van der Waals surface area contributed by atoms with Gasteiger partial charge in [-0.2, -0.15) is 0 Å². The third kappa shape index (κ3) is 5.84. The van der Waals surface area contributed by atoms with Gasteiger partial charge >= 0.3 is 0 Å². The molecule has 7 heteroatoms. The van der Waals surface area contributed by atoms with Gasteiger partial charge < -0.3 is 20.5 Å². The predicted molar refractivity (Wildman–Crippen MR) is 106 cm³/mol. The van der Waals surface area contributed by atoms with E-state index in [1.807, 2.05) is 0 Å². The Labute approximate surface area is 163 Å². The first kappa shape index (κ1) is 21.0. The molecule has 0 aliphatic rings. The largest absolute Gasteiger partial charge is 0.493 e. The Balaban J connectivity index is 2.07. The van der Waals surface area contributed by atoms with E-state index in [0.29, 0.717) is 24.0 Å². The zero-order valence-corrected chi connectivity index (χ0v) is 16.0. The number of methoxy groups -OCH3 is 1. The minimum absolute atomic E-state index is 0.264. The number of primary amides is 1. The maximum atomic E-state index is 13.5. The number of hydrogen-bond acceptors (Lipinski definition) is 4. The highest BCUT2D eigenvalue weighted by molar-refractivity contribution is 6.03. The summed E-state index contributed by atoms with van der Waals surface area (Å²) >= 11 is 0. The van der Waals surface area contributed by atoms with Crippen molar-refractivity contribution in [2.24, 2.45) is 11.7 Å². The van der Waals surface area contributed by atoms with Crippen LogP contribution in [0.25, 0.3) is 6.08 Å². The zero-order valence-electron chi connectivity index (χ0n) is 16.0. The van der Waals surface area contributed by atoms with Crippen LogP contribution in [0.1, 0.15) is 29.8 Å². The van der Waals surface area contributed by atoms with Crippen LogP contribution in [0, 0.1) is 11.7 Å². The van der Waals surface area contributed by atoms with Crippen molar-refractivity contribution in [3.63, 3.8) is 0 Å². The number of benzene rings is 2. The maximum Gasteiger partial charge on any atom is 0.251 e. The second kappa shape index (κ2) is 9.55. The number of carbonyl (C=O) groups is 2. The second-order valence-corrected chi connectivity index (χ2v) is 6.50. The molecule has 3 N–H and O–H groups in total. The molecule has 0 heterocycles. The van der Waals surface area contributed by atoms with E-state index in [2.05, 4.69) is 19.2 Å². The highest BCUT2D eigenvalue weighted by Crippen LogP contribution is 2.29. The third-order valence-electron chi connectivity index (χ3n) is 3.69. The van der Waals surface area contributed by atoms with Crippen LogP contribution in [-0.4, -0.2) is 25.5 Å². The normalized spacial score (nSPS) is 10.9. The summed E-state index contributed by atoms with van der Waals surface area (Å²) < 4.78 is 24.5. The minimum atomic E-state index is -0.906. The van der Waals surface area contributed by atoms with Gasteiger partial charge in [0.25, 0.3) is 5.91 Å². The molecule has 0 saturated carbocycles. The van der Waals surface area contributed by atoms with Crippen LogP contribution in [0.3, 0.4) is 0 Å². The molecule has 0 bridgehead atoms. The molecule has 0 atom stereocenters. The first-order valence-electron chi connectivity index (χ1n) is 8.69. The van der Waals surface area contributed by atoms with Crippen LogP contribution in [-0.2, 0) is 4.79 Å². The van der Waals surface area contributed by atoms with Gasteiger partial charge in [-0.15, -0.1) is 0 Å². The lowest BCUT2D eigenvalue weighted by molar-refractivity contribution is -0.111. The summed E-state index contributed by atoms with van der Waals surface area (Å²) in [5.41, 5.74) is 5.81. The predicted octanol–water partition coefficient (Wildman–Crippen LogP) is 3.62. The molecule has 148 valence electrons. The lowest BCUT2D eigenvalue weighted by Crippen LogP contribution is -2.14. The third-order valence-corrected chi connectivity index (χ3v) is 3.69. The molecule has 2 amide bonds. The van der Waals surface area contributed by atoms with Gasteiger partial charge in [0.05, 0.1) is 19.3 Å². The molecule has 0 saturated heterocycles. The van der Waals surface area contributed by atoms with E-state index in [-0.39, 0.29) is 11.3 Å². The molecular formula is C21H23FN2O4. The van der Waals surface area contributed by atoms with Crippen molar-refractivity contribution in [1.82, 2.24) is 0 Å². The van der Waals surface area contributed by atoms with E-state index in [1.54, 1.807) is 31.4 Å². The van der Waals surface area contributed by atoms with Crippen LogP contribution in [0.2, 0.25) is 0 Å². The van der Waals surface area contributed by atoms with E-state index in [9.17, 15) is 14.0 Å². The van der Waals surface area contributed by atoms with E-state index in [0.717, 1.165) is 11.6 Å². The molecule has 0 aliphatic heterocycles. The average Bonchev–Trinajstić information content (AvgIpc) is 2.66. The summed E-state index contributed by atoms with van der Waals surface area (Å²) in [7, 11) is 1.54. The number of nitrogens with two attached hydrogens (primary N) is 1. The molecule has 0 spiro atoms. The van der Waals surface area contributed by atoms with E-state index in [4.69, 9.17) is 15.2 Å². The number of halogens is 1.